The summed E-state index contributed by atoms with van der Waals surface area (Å²) in [5.74, 6) is 1.29. The zero-order valence-corrected chi connectivity index (χ0v) is 18.7. The topological polar surface area (TPSA) is 44.1 Å². The lowest BCUT2D eigenvalue weighted by Crippen LogP contribution is -2.46. The fraction of sp³-hybridized carbons (Fsp3) is 0.440. The standard InChI is InChI=1S/C25H33N5O/c1-3-5-13-28(4-2)25(31)22-8-9-23-10-11-24(30(23)20-22)29-16-14-27(15-17-29)19-21-7-6-12-26-18-21/h6-12,18,20H,3-5,13-17,19H2,1-2H3. The van der Waals surface area contributed by atoms with Gasteiger partial charge in [0.1, 0.15) is 5.82 Å². The highest BCUT2D eigenvalue weighted by Gasteiger charge is 2.20. The molecule has 1 fully saturated rings. The molecule has 1 aliphatic rings. The molecule has 0 unspecified atom stereocenters. The van der Waals surface area contributed by atoms with Gasteiger partial charge in [-0.25, -0.2) is 0 Å². The summed E-state index contributed by atoms with van der Waals surface area (Å²) in [6.07, 6.45) is 7.92. The number of hydrogen-bond donors (Lipinski definition) is 0. The maximum atomic E-state index is 13.0. The van der Waals surface area contributed by atoms with E-state index in [1.807, 2.05) is 35.6 Å². The van der Waals surface area contributed by atoms with Crippen molar-refractivity contribution in [1.29, 1.82) is 0 Å². The van der Waals surface area contributed by atoms with Crippen LogP contribution in [0.2, 0.25) is 0 Å². The van der Waals surface area contributed by atoms with E-state index in [1.54, 1.807) is 0 Å². The molecule has 4 rings (SSSR count). The average molecular weight is 420 g/mol. The lowest BCUT2D eigenvalue weighted by molar-refractivity contribution is 0.0762. The summed E-state index contributed by atoms with van der Waals surface area (Å²) in [6, 6.07) is 12.5. The van der Waals surface area contributed by atoms with Crippen molar-refractivity contribution in [3.63, 3.8) is 0 Å². The van der Waals surface area contributed by atoms with Gasteiger partial charge in [0, 0.05) is 69.9 Å². The van der Waals surface area contributed by atoms with Crippen molar-refractivity contribution in [2.24, 2.45) is 0 Å². The van der Waals surface area contributed by atoms with E-state index in [9.17, 15) is 4.79 Å². The fourth-order valence-corrected chi connectivity index (χ4v) is 4.29. The van der Waals surface area contributed by atoms with Gasteiger partial charge in [-0.05, 0) is 49.2 Å². The number of pyridine rings is 2. The van der Waals surface area contributed by atoms with Crippen LogP contribution >= 0.6 is 0 Å². The van der Waals surface area contributed by atoms with Crippen molar-refractivity contribution in [2.45, 2.75) is 33.2 Å². The average Bonchev–Trinajstić information content (AvgIpc) is 3.24. The molecule has 0 aliphatic carbocycles. The third-order valence-electron chi connectivity index (χ3n) is 6.15. The van der Waals surface area contributed by atoms with Crippen LogP contribution in [0.1, 0.15) is 42.6 Å². The number of unbranched alkanes of at least 4 members (excludes halogenated alkanes) is 1. The highest BCUT2D eigenvalue weighted by atomic mass is 16.2. The Morgan fingerprint density at radius 1 is 1.06 bits per heavy atom. The number of anilines is 1. The summed E-state index contributed by atoms with van der Waals surface area (Å²) < 4.78 is 2.18. The lowest BCUT2D eigenvalue weighted by atomic mass is 10.2. The summed E-state index contributed by atoms with van der Waals surface area (Å²) in [5, 5.41) is 0. The molecule has 0 spiro atoms. The van der Waals surface area contributed by atoms with Gasteiger partial charge in [0.25, 0.3) is 5.91 Å². The number of carbonyl (C=O) groups is 1. The molecule has 1 aliphatic heterocycles. The van der Waals surface area contributed by atoms with Gasteiger partial charge in [-0.1, -0.05) is 19.4 Å². The van der Waals surface area contributed by atoms with Gasteiger partial charge in [0.15, 0.2) is 0 Å². The summed E-state index contributed by atoms with van der Waals surface area (Å²) in [5.41, 5.74) is 3.15. The third kappa shape index (κ3) is 4.90. The molecule has 164 valence electrons. The van der Waals surface area contributed by atoms with E-state index in [0.29, 0.717) is 0 Å². The van der Waals surface area contributed by atoms with Crippen LogP contribution in [0.15, 0.2) is 55.0 Å². The van der Waals surface area contributed by atoms with E-state index in [1.165, 1.54) is 11.4 Å². The minimum absolute atomic E-state index is 0.124. The van der Waals surface area contributed by atoms with Crippen molar-refractivity contribution in [3.05, 3.63) is 66.1 Å². The first kappa shape index (κ1) is 21.4. The predicted molar refractivity (Wildman–Crippen MR) is 126 cm³/mol. The van der Waals surface area contributed by atoms with Crippen molar-refractivity contribution < 1.29 is 4.79 Å². The molecule has 4 heterocycles. The molecule has 0 radical (unpaired) electrons. The maximum absolute atomic E-state index is 13.0. The van der Waals surface area contributed by atoms with Crippen LogP contribution in [-0.4, -0.2) is 64.4 Å². The molecule has 1 amide bonds. The Balaban J connectivity index is 1.46. The third-order valence-corrected chi connectivity index (χ3v) is 6.15. The van der Waals surface area contributed by atoms with Crippen LogP contribution in [0, 0.1) is 0 Å². The summed E-state index contributed by atoms with van der Waals surface area (Å²) in [4.78, 5) is 24.1. The van der Waals surface area contributed by atoms with Gasteiger partial charge in [-0.15, -0.1) is 0 Å². The largest absolute Gasteiger partial charge is 0.355 e. The van der Waals surface area contributed by atoms with Gasteiger partial charge in [-0.2, -0.15) is 0 Å². The molecule has 0 bridgehead atoms. The van der Waals surface area contributed by atoms with Crippen molar-refractivity contribution in [1.82, 2.24) is 19.2 Å². The molecule has 0 aromatic carbocycles. The fourth-order valence-electron chi connectivity index (χ4n) is 4.29. The Morgan fingerprint density at radius 3 is 2.58 bits per heavy atom. The second-order valence-electron chi connectivity index (χ2n) is 8.27. The lowest BCUT2D eigenvalue weighted by Gasteiger charge is -2.35. The van der Waals surface area contributed by atoms with Crippen molar-refractivity contribution >= 4 is 17.2 Å². The van der Waals surface area contributed by atoms with Gasteiger partial charge in [0.2, 0.25) is 0 Å². The summed E-state index contributed by atoms with van der Waals surface area (Å²) in [7, 11) is 0. The van der Waals surface area contributed by atoms with E-state index in [0.717, 1.165) is 69.7 Å². The van der Waals surface area contributed by atoms with Crippen LogP contribution in [-0.2, 0) is 6.54 Å². The first-order valence-electron chi connectivity index (χ1n) is 11.5. The molecule has 3 aromatic rings. The van der Waals surface area contributed by atoms with Gasteiger partial charge < -0.3 is 14.2 Å². The Bertz CT molecular complexity index is 992. The van der Waals surface area contributed by atoms with Crippen LogP contribution < -0.4 is 4.90 Å². The van der Waals surface area contributed by atoms with Gasteiger partial charge in [-0.3, -0.25) is 14.7 Å². The van der Waals surface area contributed by atoms with E-state index in [2.05, 4.69) is 57.3 Å². The number of rotatable bonds is 8. The molecule has 31 heavy (non-hydrogen) atoms. The normalized spacial score (nSPS) is 14.8. The minimum Gasteiger partial charge on any atom is -0.355 e. The highest BCUT2D eigenvalue weighted by Crippen LogP contribution is 2.23. The smallest absolute Gasteiger partial charge is 0.255 e. The number of hydrogen-bond acceptors (Lipinski definition) is 4. The first-order chi connectivity index (χ1) is 15.2. The van der Waals surface area contributed by atoms with Gasteiger partial charge in [0.05, 0.1) is 5.56 Å². The Labute approximate surface area is 185 Å². The molecule has 6 nitrogen and oxygen atoms in total. The molecule has 6 heteroatoms. The molecule has 3 aromatic heterocycles. The zero-order chi connectivity index (χ0) is 21.6. The number of carbonyl (C=O) groups excluding carboxylic acids is 1. The van der Waals surface area contributed by atoms with Crippen LogP contribution in [0.3, 0.4) is 0 Å². The van der Waals surface area contributed by atoms with Crippen molar-refractivity contribution in [2.75, 3.05) is 44.2 Å². The molecular weight excluding hydrogens is 386 g/mol. The Morgan fingerprint density at radius 2 is 1.87 bits per heavy atom. The maximum Gasteiger partial charge on any atom is 0.255 e. The van der Waals surface area contributed by atoms with Crippen LogP contribution in [0.5, 0.6) is 0 Å². The predicted octanol–water partition coefficient (Wildman–Crippen LogP) is 3.92. The zero-order valence-electron chi connectivity index (χ0n) is 18.7. The molecule has 0 N–H and O–H groups in total. The summed E-state index contributed by atoms with van der Waals surface area (Å²) >= 11 is 0. The molecule has 0 atom stereocenters. The molecular formula is C25H33N5O. The Hall–Kier alpha value is -2.86. The SMILES string of the molecule is CCCCN(CC)C(=O)c1ccc2ccc(N3CCN(Cc4cccnc4)CC3)n2c1. The van der Waals surface area contributed by atoms with E-state index < -0.39 is 0 Å². The minimum atomic E-state index is 0.124. The van der Waals surface area contributed by atoms with Crippen LogP contribution in [0.25, 0.3) is 5.52 Å². The Kier molecular flexibility index (Phi) is 6.87. The number of aromatic nitrogens is 2. The molecule has 1 saturated heterocycles. The van der Waals surface area contributed by atoms with Gasteiger partial charge >= 0.3 is 0 Å². The molecule has 0 saturated carbocycles. The quantitative estimate of drug-likeness (QED) is 0.555. The number of fused-ring (bicyclic) bond motifs is 1. The number of amides is 1. The number of nitrogens with zero attached hydrogens (tertiary/aromatic N) is 5. The van der Waals surface area contributed by atoms with Crippen molar-refractivity contribution in [3.8, 4) is 0 Å². The first-order valence-corrected chi connectivity index (χ1v) is 11.5. The monoisotopic (exact) mass is 419 g/mol. The van der Waals surface area contributed by atoms with E-state index in [4.69, 9.17) is 0 Å². The second kappa shape index (κ2) is 9.96. The summed E-state index contributed by atoms with van der Waals surface area (Å²) in [6.45, 7) is 10.7. The number of piperazine rings is 1. The second-order valence-corrected chi connectivity index (χ2v) is 8.27. The van der Waals surface area contributed by atoms with E-state index in [-0.39, 0.29) is 5.91 Å². The van der Waals surface area contributed by atoms with E-state index >= 15 is 0 Å². The highest BCUT2D eigenvalue weighted by molar-refractivity contribution is 5.94. The van der Waals surface area contributed by atoms with Crippen LogP contribution in [0.4, 0.5) is 5.82 Å².